The molecule has 2 aromatic rings. The molecule has 0 aliphatic carbocycles. The third kappa shape index (κ3) is 5.14. The van der Waals surface area contributed by atoms with Gasteiger partial charge in [0, 0.05) is 13.1 Å². The van der Waals surface area contributed by atoms with Gasteiger partial charge < -0.3 is 4.90 Å². The second-order valence-electron chi connectivity index (χ2n) is 7.52. The molecule has 1 amide bonds. The van der Waals surface area contributed by atoms with Crippen LogP contribution in [0.2, 0.25) is 0 Å². The summed E-state index contributed by atoms with van der Waals surface area (Å²) in [5.74, 6) is 0.689. The first-order valence-electron chi connectivity index (χ1n) is 10.7. The van der Waals surface area contributed by atoms with Crippen molar-refractivity contribution in [3.8, 4) is 0 Å². The zero-order valence-corrected chi connectivity index (χ0v) is 17.8. The van der Waals surface area contributed by atoms with E-state index in [1.165, 1.54) is 5.56 Å². The Labute approximate surface area is 174 Å². The molecule has 0 bridgehead atoms. The normalized spacial score (nSPS) is 15.1. The highest BCUT2D eigenvalue weighted by atomic mass is 16.2. The van der Waals surface area contributed by atoms with Crippen molar-refractivity contribution in [2.45, 2.75) is 46.5 Å². The van der Waals surface area contributed by atoms with Crippen molar-refractivity contribution in [3.63, 3.8) is 0 Å². The van der Waals surface area contributed by atoms with Crippen LogP contribution < -0.4 is 4.90 Å². The molecule has 0 spiro atoms. The van der Waals surface area contributed by atoms with Crippen LogP contribution in [-0.4, -0.2) is 29.9 Å². The summed E-state index contributed by atoms with van der Waals surface area (Å²) in [4.78, 5) is 22.3. The molecular weight excluding hydrogens is 358 g/mol. The van der Waals surface area contributed by atoms with Gasteiger partial charge in [-0.3, -0.25) is 4.79 Å². The van der Waals surface area contributed by atoms with Crippen LogP contribution in [0.15, 0.2) is 65.3 Å². The van der Waals surface area contributed by atoms with Crippen molar-refractivity contribution in [2.75, 3.05) is 18.0 Å². The minimum atomic E-state index is -0.0642. The highest BCUT2D eigenvalue weighted by molar-refractivity contribution is 6.28. The van der Waals surface area contributed by atoms with Crippen molar-refractivity contribution in [1.82, 2.24) is 4.90 Å². The number of hydrogen-bond donors (Lipinski definition) is 0. The van der Waals surface area contributed by atoms with Gasteiger partial charge in [0.15, 0.2) is 0 Å². The van der Waals surface area contributed by atoms with Crippen molar-refractivity contribution in [2.24, 2.45) is 4.99 Å². The van der Waals surface area contributed by atoms with E-state index >= 15 is 0 Å². The lowest BCUT2D eigenvalue weighted by atomic mass is 10.2. The molecule has 0 N–H and O–H groups in total. The van der Waals surface area contributed by atoms with Crippen molar-refractivity contribution < 1.29 is 4.79 Å². The Morgan fingerprint density at radius 2 is 1.55 bits per heavy atom. The summed E-state index contributed by atoms with van der Waals surface area (Å²) in [6.45, 7) is 8.25. The van der Waals surface area contributed by atoms with Gasteiger partial charge in [-0.25, -0.2) is 9.89 Å². The molecule has 1 aliphatic rings. The van der Waals surface area contributed by atoms with Crippen LogP contribution in [-0.2, 0) is 4.79 Å². The monoisotopic (exact) mass is 389 g/mol. The molecule has 0 saturated carbocycles. The lowest BCUT2D eigenvalue weighted by molar-refractivity contribution is -0.113. The molecule has 0 radical (unpaired) electrons. The minimum absolute atomic E-state index is 0.0642. The highest BCUT2D eigenvalue weighted by Crippen LogP contribution is 2.27. The van der Waals surface area contributed by atoms with E-state index in [9.17, 15) is 4.79 Å². The number of aliphatic imine (C=N–C) groups is 1. The van der Waals surface area contributed by atoms with Gasteiger partial charge in [0.05, 0.1) is 5.69 Å². The van der Waals surface area contributed by atoms with Gasteiger partial charge in [-0.15, -0.1) is 0 Å². The van der Waals surface area contributed by atoms with Crippen LogP contribution in [0.4, 0.5) is 5.69 Å². The Balaban J connectivity index is 2.01. The van der Waals surface area contributed by atoms with E-state index in [1.807, 2.05) is 60.7 Å². The summed E-state index contributed by atoms with van der Waals surface area (Å²) in [6, 6.07) is 18.0. The molecule has 0 atom stereocenters. The first-order chi connectivity index (χ1) is 14.1. The molecular formula is C25H31N3O. The maximum absolute atomic E-state index is 13.4. The first-order valence-corrected chi connectivity index (χ1v) is 10.7. The Kier molecular flexibility index (Phi) is 7.23. The van der Waals surface area contributed by atoms with Gasteiger partial charge in [0.25, 0.3) is 5.91 Å². The van der Waals surface area contributed by atoms with Crippen LogP contribution in [0.3, 0.4) is 0 Å². The fraction of sp³-hybridized carbons (Fsp3) is 0.360. The summed E-state index contributed by atoms with van der Waals surface area (Å²) in [5, 5.41) is 0. The Morgan fingerprint density at radius 3 is 2.14 bits per heavy atom. The Hall–Kier alpha value is -2.88. The van der Waals surface area contributed by atoms with E-state index in [0.29, 0.717) is 5.70 Å². The average molecular weight is 390 g/mol. The number of anilines is 1. The highest BCUT2D eigenvalue weighted by Gasteiger charge is 2.34. The number of benzene rings is 2. The number of aryl methyl sites for hydroxylation is 1. The molecule has 152 valence electrons. The molecule has 4 heteroatoms. The number of hydrogen-bond acceptors (Lipinski definition) is 3. The Bertz CT molecular complexity index is 861. The number of nitrogens with zero attached hydrogens (tertiary/aromatic N) is 3. The molecule has 29 heavy (non-hydrogen) atoms. The van der Waals surface area contributed by atoms with E-state index in [4.69, 9.17) is 4.99 Å². The van der Waals surface area contributed by atoms with Crippen LogP contribution in [0, 0.1) is 6.92 Å². The largest absolute Gasteiger partial charge is 0.342 e. The van der Waals surface area contributed by atoms with Gasteiger partial charge in [-0.2, -0.15) is 0 Å². The van der Waals surface area contributed by atoms with E-state index in [0.717, 1.165) is 56.0 Å². The summed E-state index contributed by atoms with van der Waals surface area (Å²) in [7, 11) is 0. The lowest BCUT2D eigenvalue weighted by Gasteiger charge is -2.29. The van der Waals surface area contributed by atoms with Gasteiger partial charge in [-0.05, 0) is 43.5 Å². The van der Waals surface area contributed by atoms with E-state index in [1.54, 1.807) is 4.90 Å². The maximum atomic E-state index is 13.4. The number of guanidine groups is 1. The number of carbonyl (C=O) groups is 1. The topological polar surface area (TPSA) is 35.9 Å². The number of unbranched alkanes of at least 4 members (excludes halogenated alkanes) is 2. The predicted octanol–water partition coefficient (Wildman–Crippen LogP) is 5.64. The molecule has 3 rings (SSSR count). The molecule has 2 aromatic carbocycles. The SMILES string of the molecule is CCCCN(CCCC)C1=NC(=Cc2ccccc2)C(=O)N1c1ccc(C)cc1. The average Bonchev–Trinajstić information content (AvgIpc) is 3.05. The van der Waals surface area contributed by atoms with Gasteiger partial charge >= 0.3 is 0 Å². The molecule has 4 nitrogen and oxygen atoms in total. The van der Waals surface area contributed by atoms with Crippen molar-refractivity contribution in [1.29, 1.82) is 0 Å². The van der Waals surface area contributed by atoms with Crippen LogP contribution in [0.25, 0.3) is 6.08 Å². The second-order valence-corrected chi connectivity index (χ2v) is 7.52. The molecule has 0 fully saturated rings. The molecule has 1 aliphatic heterocycles. The zero-order chi connectivity index (χ0) is 20.6. The summed E-state index contributed by atoms with van der Waals surface area (Å²) >= 11 is 0. The third-order valence-corrected chi connectivity index (χ3v) is 5.08. The standard InChI is InChI=1S/C25H31N3O/c1-4-6-17-27(18-7-5-2)25-26-23(19-21-11-9-8-10-12-21)24(29)28(25)22-15-13-20(3)14-16-22/h8-16,19H,4-7,17-18H2,1-3H3. The molecule has 0 saturated heterocycles. The van der Waals surface area contributed by atoms with Gasteiger partial charge in [0.1, 0.15) is 5.70 Å². The van der Waals surface area contributed by atoms with Crippen LogP contribution in [0.5, 0.6) is 0 Å². The van der Waals surface area contributed by atoms with Gasteiger partial charge in [-0.1, -0.05) is 74.7 Å². The molecule has 0 unspecified atom stereocenters. The summed E-state index contributed by atoms with van der Waals surface area (Å²) in [5.41, 5.74) is 3.52. The van der Waals surface area contributed by atoms with E-state index in [2.05, 4.69) is 25.7 Å². The smallest absolute Gasteiger partial charge is 0.283 e. The van der Waals surface area contributed by atoms with E-state index < -0.39 is 0 Å². The first kappa shape index (κ1) is 20.8. The summed E-state index contributed by atoms with van der Waals surface area (Å²) < 4.78 is 0. The summed E-state index contributed by atoms with van der Waals surface area (Å²) in [6.07, 6.45) is 6.27. The zero-order valence-electron chi connectivity index (χ0n) is 17.8. The number of amides is 1. The van der Waals surface area contributed by atoms with Crippen molar-refractivity contribution in [3.05, 3.63) is 71.4 Å². The quantitative estimate of drug-likeness (QED) is 0.548. The van der Waals surface area contributed by atoms with Crippen molar-refractivity contribution >= 4 is 23.6 Å². The predicted molar refractivity (Wildman–Crippen MR) is 122 cm³/mol. The van der Waals surface area contributed by atoms with Gasteiger partial charge in [0.2, 0.25) is 5.96 Å². The minimum Gasteiger partial charge on any atom is -0.342 e. The fourth-order valence-electron chi connectivity index (χ4n) is 3.36. The van der Waals surface area contributed by atoms with Crippen LogP contribution in [0.1, 0.15) is 50.7 Å². The van der Waals surface area contributed by atoms with Crippen LogP contribution >= 0.6 is 0 Å². The molecule has 0 aromatic heterocycles. The second kappa shape index (κ2) is 10.1. The van der Waals surface area contributed by atoms with E-state index in [-0.39, 0.29) is 5.91 Å². The Morgan fingerprint density at radius 1 is 0.931 bits per heavy atom. The number of rotatable bonds is 8. The maximum Gasteiger partial charge on any atom is 0.283 e. The number of carbonyl (C=O) groups excluding carboxylic acids is 1. The third-order valence-electron chi connectivity index (χ3n) is 5.08. The fourth-order valence-corrected chi connectivity index (χ4v) is 3.36. The lowest BCUT2D eigenvalue weighted by Crippen LogP contribution is -2.45. The molecule has 1 heterocycles.